The molecule has 0 saturated carbocycles. The molecule has 56 heavy (non-hydrogen) atoms. The SMILES string of the molecule is O=C(O)c1ccnc(-c2cc(C(=O)O)ccn2)c1.O=C(O)c1ccnc(-c2cc(C(=O)O)ccn2)c1.O=C(O)c1ccnc(-c2cc(C(=O)O)ccn2)c1.[Ru].[Ru]. The first-order chi connectivity index (χ1) is 25.7. The summed E-state index contributed by atoms with van der Waals surface area (Å²) in [6.45, 7) is 0. The van der Waals surface area contributed by atoms with Crippen LogP contribution in [0.5, 0.6) is 0 Å². The molecule has 0 fully saturated rings. The van der Waals surface area contributed by atoms with Gasteiger partial charge in [-0.1, -0.05) is 0 Å². The largest absolute Gasteiger partial charge is 0.478 e. The minimum atomic E-state index is -1.08. The molecule has 18 nitrogen and oxygen atoms in total. The molecule has 0 radical (unpaired) electrons. The zero-order valence-electron chi connectivity index (χ0n) is 27.9. The normalized spacial score (nSPS) is 9.64. The van der Waals surface area contributed by atoms with Gasteiger partial charge in [-0.05, 0) is 72.8 Å². The van der Waals surface area contributed by atoms with Crippen molar-refractivity contribution in [2.24, 2.45) is 0 Å². The van der Waals surface area contributed by atoms with Crippen molar-refractivity contribution in [2.75, 3.05) is 0 Å². The van der Waals surface area contributed by atoms with E-state index in [0.29, 0.717) is 34.2 Å². The van der Waals surface area contributed by atoms with Gasteiger partial charge in [-0.3, -0.25) is 29.9 Å². The molecule has 20 heteroatoms. The minimum Gasteiger partial charge on any atom is -0.478 e. The molecule has 0 spiro atoms. The maximum absolute atomic E-state index is 10.8. The van der Waals surface area contributed by atoms with E-state index in [-0.39, 0.29) is 72.3 Å². The number of hydrogen-bond acceptors (Lipinski definition) is 12. The second kappa shape index (κ2) is 21.0. The number of aromatic nitrogens is 6. The Morgan fingerprint density at radius 3 is 0.518 bits per heavy atom. The maximum Gasteiger partial charge on any atom is 0.335 e. The number of pyridine rings is 6. The van der Waals surface area contributed by atoms with Gasteiger partial charge >= 0.3 is 35.8 Å². The Morgan fingerprint density at radius 2 is 0.411 bits per heavy atom. The van der Waals surface area contributed by atoms with E-state index in [0.717, 1.165) is 0 Å². The van der Waals surface area contributed by atoms with Crippen LogP contribution in [0.4, 0.5) is 0 Å². The Bertz CT molecular complexity index is 1980. The summed E-state index contributed by atoms with van der Waals surface area (Å²) >= 11 is 0. The molecule has 0 bridgehead atoms. The van der Waals surface area contributed by atoms with E-state index in [1.54, 1.807) is 0 Å². The van der Waals surface area contributed by atoms with Crippen LogP contribution in [0.25, 0.3) is 34.2 Å². The average molecular weight is 935 g/mol. The van der Waals surface area contributed by atoms with Crippen LogP contribution in [0.3, 0.4) is 0 Å². The van der Waals surface area contributed by atoms with Gasteiger partial charge in [0.15, 0.2) is 0 Å². The van der Waals surface area contributed by atoms with Gasteiger partial charge in [-0.15, -0.1) is 0 Å². The molecular formula is C36H24N6O12Ru2. The fraction of sp³-hybridized carbons (Fsp3) is 0. The second-order valence-electron chi connectivity index (χ2n) is 10.4. The van der Waals surface area contributed by atoms with Gasteiger partial charge in [0.1, 0.15) is 0 Å². The molecule has 0 aliphatic heterocycles. The Morgan fingerprint density at radius 1 is 0.286 bits per heavy atom. The average Bonchev–Trinajstić information content (AvgIpc) is 3.18. The molecule has 0 aliphatic carbocycles. The van der Waals surface area contributed by atoms with Crippen LogP contribution in [0.15, 0.2) is 110 Å². The summed E-state index contributed by atoms with van der Waals surface area (Å²) < 4.78 is 0. The Balaban J connectivity index is 0.000000285. The van der Waals surface area contributed by atoms with Crippen molar-refractivity contribution in [3.8, 4) is 34.2 Å². The number of carboxylic acid groups (broad SMARTS) is 6. The van der Waals surface area contributed by atoms with E-state index in [1.165, 1.54) is 110 Å². The third-order valence-electron chi connectivity index (χ3n) is 6.83. The summed E-state index contributed by atoms with van der Waals surface area (Å²) in [7, 11) is 0. The molecule has 0 aliphatic rings. The fourth-order valence-electron chi connectivity index (χ4n) is 4.22. The van der Waals surface area contributed by atoms with E-state index in [4.69, 9.17) is 30.6 Å². The third-order valence-corrected chi connectivity index (χ3v) is 6.83. The van der Waals surface area contributed by atoms with Crippen molar-refractivity contribution in [1.82, 2.24) is 29.9 Å². The molecule has 0 aromatic carbocycles. The van der Waals surface area contributed by atoms with Crippen LogP contribution >= 0.6 is 0 Å². The number of hydrogen-bond donors (Lipinski definition) is 6. The van der Waals surface area contributed by atoms with Gasteiger partial charge in [0, 0.05) is 76.1 Å². The zero-order chi connectivity index (χ0) is 39.4. The number of rotatable bonds is 9. The number of carboxylic acids is 6. The van der Waals surface area contributed by atoms with Gasteiger partial charge in [-0.2, -0.15) is 0 Å². The summed E-state index contributed by atoms with van der Waals surface area (Å²) in [6.07, 6.45) is 8.05. The van der Waals surface area contributed by atoms with Crippen LogP contribution in [0.2, 0.25) is 0 Å². The molecule has 6 rings (SSSR count). The molecule has 6 heterocycles. The zero-order valence-corrected chi connectivity index (χ0v) is 31.4. The molecule has 286 valence electrons. The molecule has 0 amide bonds. The van der Waals surface area contributed by atoms with Gasteiger partial charge < -0.3 is 30.6 Å². The van der Waals surface area contributed by atoms with Crippen molar-refractivity contribution >= 4 is 35.8 Å². The van der Waals surface area contributed by atoms with E-state index in [1.807, 2.05) is 0 Å². The molecule has 0 unspecified atom stereocenters. The van der Waals surface area contributed by atoms with Crippen LogP contribution in [-0.4, -0.2) is 96.4 Å². The van der Waals surface area contributed by atoms with E-state index >= 15 is 0 Å². The topological polar surface area (TPSA) is 301 Å². The van der Waals surface area contributed by atoms with E-state index < -0.39 is 35.8 Å². The van der Waals surface area contributed by atoms with Crippen LogP contribution in [-0.2, 0) is 39.0 Å². The maximum atomic E-state index is 10.8. The Labute approximate surface area is 340 Å². The van der Waals surface area contributed by atoms with E-state index in [2.05, 4.69) is 29.9 Å². The summed E-state index contributed by atoms with van der Waals surface area (Å²) in [5, 5.41) is 53.1. The van der Waals surface area contributed by atoms with Gasteiger partial charge in [-0.25, -0.2) is 28.8 Å². The molecule has 6 aromatic heterocycles. The molecular weight excluding hydrogens is 911 g/mol. The van der Waals surface area contributed by atoms with E-state index in [9.17, 15) is 28.8 Å². The summed E-state index contributed by atoms with van der Waals surface area (Å²) in [5.74, 6) is -6.46. The Hall–Kier alpha value is -7.03. The first-order valence-electron chi connectivity index (χ1n) is 14.9. The minimum absolute atomic E-state index is 0. The Kier molecular flexibility index (Phi) is 16.9. The predicted octanol–water partition coefficient (Wildman–Crippen LogP) is 4.62. The summed E-state index contributed by atoms with van der Waals surface area (Å²) in [5.41, 5.74) is 2.34. The predicted molar refractivity (Wildman–Crippen MR) is 184 cm³/mol. The van der Waals surface area contributed by atoms with Gasteiger partial charge in [0.2, 0.25) is 0 Å². The number of aromatic carboxylic acids is 6. The first kappa shape index (κ1) is 45.1. The van der Waals surface area contributed by atoms with Gasteiger partial charge in [0.05, 0.1) is 67.5 Å². The quantitative estimate of drug-likeness (QED) is 0.108. The van der Waals surface area contributed by atoms with Crippen molar-refractivity contribution in [2.45, 2.75) is 0 Å². The molecule has 0 atom stereocenters. The van der Waals surface area contributed by atoms with Crippen molar-refractivity contribution in [3.05, 3.63) is 143 Å². The third kappa shape index (κ3) is 12.5. The molecule has 0 saturated heterocycles. The summed E-state index contributed by atoms with van der Waals surface area (Å²) in [4.78, 5) is 88.7. The van der Waals surface area contributed by atoms with Crippen LogP contribution < -0.4 is 0 Å². The molecule has 6 aromatic rings. The second-order valence-corrected chi connectivity index (χ2v) is 10.4. The standard InChI is InChI=1S/3C12H8N2O4.2Ru/c3*15-11(16)7-1-3-13-9(5-7)10-6-8(12(17)18)2-4-14-10;;/h3*1-6H,(H,15,16)(H,17,18);;. The monoisotopic (exact) mass is 936 g/mol. The smallest absolute Gasteiger partial charge is 0.335 e. The number of carbonyl (C=O) groups is 6. The fourth-order valence-corrected chi connectivity index (χ4v) is 4.22. The van der Waals surface area contributed by atoms with Crippen molar-refractivity contribution in [1.29, 1.82) is 0 Å². The first-order valence-corrected chi connectivity index (χ1v) is 14.9. The van der Waals surface area contributed by atoms with Crippen LogP contribution in [0, 0.1) is 0 Å². The van der Waals surface area contributed by atoms with Gasteiger partial charge in [0.25, 0.3) is 0 Å². The van der Waals surface area contributed by atoms with Crippen molar-refractivity contribution in [3.63, 3.8) is 0 Å². The summed E-state index contributed by atoms with van der Waals surface area (Å²) in [6, 6.07) is 16.2. The van der Waals surface area contributed by atoms with Crippen LogP contribution in [0.1, 0.15) is 62.1 Å². The molecule has 6 N–H and O–H groups in total. The number of nitrogens with zero attached hydrogens (tertiary/aromatic N) is 6. The van der Waals surface area contributed by atoms with Crippen molar-refractivity contribution < 1.29 is 98.4 Å².